The molecule has 0 bridgehead atoms. The quantitative estimate of drug-likeness (QED) is 0.805. The number of halogens is 1. The van der Waals surface area contributed by atoms with Gasteiger partial charge < -0.3 is 0 Å². The Morgan fingerprint density at radius 2 is 2.06 bits per heavy atom. The van der Waals surface area contributed by atoms with Crippen molar-refractivity contribution >= 4 is 35.3 Å². The van der Waals surface area contributed by atoms with E-state index in [-0.39, 0.29) is 11.9 Å². The number of rotatable bonds is 2. The molecule has 1 unspecified atom stereocenters. The molecule has 0 fully saturated rings. The number of amidine groups is 1. The van der Waals surface area contributed by atoms with Crippen LogP contribution in [0, 0.1) is 5.82 Å². The van der Waals surface area contributed by atoms with Crippen molar-refractivity contribution in [1.29, 1.82) is 0 Å². The van der Waals surface area contributed by atoms with E-state index >= 15 is 0 Å². The second-order valence-electron chi connectivity index (χ2n) is 3.75. The first-order valence-corrected chi connectivity index (χ1v) is 6.39. The molecule has 0 aliphatic carbocycles. The number of fused-ring (bicyclic) bond motifs is 1. The number of hydrogen-bond donors (Lipinski definition) is 0. The smallest absolute Gasteiger partial charge is 0.163 e. The topological polar surface area (TPSA) is 49.4 Å². The lowest BCUT2D eigenvalue weighted by Gasteiger charge is -2.13. The molecule has 3 rings (SSSR count). The van der Waals surface area contributed by atoms with E-state index in [1.165, 1.54) is 30.5 Å². The third kappa shape index (κ3) is 2.11. The zero-order valence-corrected chi connectivity index (χ0v) is 10.1. The molecule has 0 N–H and O–H groups in total. The summed E-state index contributed by atoms with van der Waals surface area (Å²) in [5, 5.41) is 0.806. The molecule has 90 valence electrons. The van der Waals surface area contributed by atoms with Crippen molar-refractivity contribution in [3.8, 4) is 0 Å². The molecular weight excluding hydrogens is 251 g/mol. The predicted molar refractivity (Wildman–Crippen MR) is 73.3 cm³/mol. The first-order chi connectivity index (χ1) is 8.84. The Morgan fingerprint density at radius 3 is 2.94 bits per heavy atom. The van der Waals surface area contributed by atoms with Gasteiger partial charge in [-0.25, -0.2) is 19.4 Å². The van der Waals surface area contributed by atoms with Gasteiger partial charge in [0.15, 0.2) is 11.9 Å². The molecule has 6 heteroatoms. The molecule has 1 atom stereocenters. The Hall–Kier alpha value is -1.82. The van der Waals surface area contributed by atoms with Crippen molar-refractivity contribution in [2.24, 2.45) is 20.0 Å². The van der Waals surface area contributed by atoms with Crippen LogP contribution in [0.15, 0.2) is 44.2 Å². The number of hydrogen-bond acceptors (Lipinski definition) is 5. The van der Waals surface area contributed by atoms with Crippen LogP contribution < -0.4 is 0 Å². The second-order valence-corrected chi connectivity index (χ2v) is 4.74. The Morgan fingerprint density at radius 1 is 1.17 bits per heavy atom. The Kier molecular flexibility index (Phi) is 3.02. The standard InChI is InChI=1S/C12H9FN4S/c13-9-4-2-1-3-8(9)5-18-12-10-11(15-6-14-10)16-7-17-12/h1-4,6-7,10H,5H2. The number of nitrogens with zero attached hydrogens (tertiary/aromatic N) is 4. The average molecular weight is 260 g/mol. The van der Waals surface area contributed by atoms with Crippen LogP contribution in [0.25, 0.3) is 0 Å². The van der Waals surface area contributed by atoms with Gasteiger partial charge in [-0.3, -0.25) is 4.99 Å². The SMILES string of the molecule is Fc1ccccc1CSC1=NC=NC2=NC=NC21. The highest BCUT2D eigenvalue weighted by Crippen LogP contribution is 2.22. The largest absolute Gasteiger partial charge is 0.255 e. The molecule has 1 aromatic rings. The van der Waals surface area contributed by atoms with Gasteiger partial charge in [0.25, 0.3) is 0 Å². The van der Waals surface area contributed by atoms with Crippen molar-refractivity contribution in [1.82, 2.24) is 0 Å². The van der Waals surface area contributed by atoms with Crippen LogP contribution in [0.2, 0.25) is 0 Å². The van der Waals surface area contributed by atoms with Gasteiger partial charge in [0, 0.05) is 5.75 Å². The maximum absolute atomic E-state index is 13.5. The van der Waals surface area contributed by atoms with Gasteiger partial charge in [0.05, 0.1) is 0 Å². The van der Waals surface area contributed by atoms with Crippen LogP contribution >= 0.6 is 11.8 Å². The van der Waals surface area contributed by atoms with E-state index < -0.39 is 0 Å². The van der Waals surface area contributed by atoms with Gasteiger partial charge in [-0.1, -0.05) is 18.2 Å². The van der Waals surface area contributed by atoms with E-state index in [0.29, 0.717) is 17.2 Å². The number of aliphatic imine (C=N–C) groups is 4. The summed E-state index contributed by atoms with van der Waals surface area (Å²) in [5.41, 5.74) is 0.660. The molecule has 0 spiro atoms. The first-order valence-electron chi connectivity index (χ1n) is 5.40. The molecule has 18 heavy (non-hydrogen) atoms. The van der Waals surface area contributed by atoms with E-state index in [1.807, 2.05) is 6.07 Å². The van der Waals surface area contributed by atoms with E-state index in [9.17, 15) is 4.39 Å². The van der Waals surface area contributed by atoms with Crippen LogP contribution in [0.3, 0.4) is 0 Å². The van der Waals surface area contributed by atoms with E-state index in [0.717, 1.165) is 5.04 Å². The van der Waals surface area contributed by atoms with E-state index in [2.05, 4.69) is 20.0 Å². The van der Waals surface area contributed by atoms with Crippen molar-refractivity contribution in [3.63, 3.8) is 0 Å². The fourth-order valence-corrected chi connectivity index (χ4v) is 2.66. The molecule has 0 radical (unpaired) electrons. The van der Waals surface area contributed by atoms with Crippen molar-refractivity contribution in [3.05, 3.63) is 35.6 Å². The summed E-state index contributed by atoms with van der Waals surface area (Å²) in [6.07, 6.45) is 2.95. The van der Waals surface area contributed by atoms with Gasteiger partial charge in [-0.2, -0.15) is 0 Å². The monoisotopic (exact) mass is 260 g/mol. The zero-order chi connectivity index (χ0) is 12.4. The molecule has 0 saturated carbocycles. The number of benzene rings is 1. The van der Waals surface area contributed by atoms with Crippen molar-refractivity contribution in [2.45, 2.75) is 11.8 Å². The van der Waals surface area contributed by atoms with Crippen molar-refractivity contribution < 1.29 is 4.39 Å². The molecule has 0 aromatic heterocycles. The number of thioether (sulfide) groups is 1. The van der Waals surface area contributed by atoms with Gasteiger partial charge in [-0.05, 0) is 11.6 Å². The molecule has 0 amide bonds. The normalized spacial score (nSPS) is 20.6. The molecule has 2 aliphatic rings. The third-order valence-corrected chi connectivity index (χ3v) is 3.67. The maximum atomic E-state index is 13.5. The van der Waals surface area contributed by atoms with Crippen LogP contribution in [-0.2, 0) is 5.75 Å². The van der Waals surface area contributed by atoms with Crippen molar-refractivity contribution in [2.75, 3.05) is 0 Å². The highest BCUT2D eigenvalue weighted by atomic mass is 32.2. The van der Waals surface area contributed by atoms with Crippen LogP contribution in [0.4, 0.5) is 4.39 Å². The highest BCUT2D eigenvalue weighted by molar-refractivity contribution is 8.13. The Balaban J connectivity index is 1.73. The van der Waals surface area contributed by atoms with E-state index in [1.54, 1.807) is 12.1 Å². The average Bonchev–Trinajstić information content (AvgIpc) is 2.86. The summed E-state index contributed by atoms with van der Waals surface area (Å²) in [5.74, 6) is 0.985. The lowest BCUT2D eigenvalue weighted by atomic mass is 10.2. The molecule has 0 saturated heterocycles. The minimum Gasteiger partial charge on any atom is -0.255 e. The van der Waals surface area contributed by atoms with Gasteiger partial charge >= 0.3 is 0 Å². The zero-order valence-electron chi connectivity index (χ0n) is 9.32. The molecule has 2 aliphatic heterocycles. The van der Waals surface area contributed by atoms with E-state index in [4.69, 9.17) is 0 Å². The lowest BCUT2D eigenvalue weighted by molar-refractivity contribution is 0.617. The lowest BCUT2D eigenvalue weighted by Crippen LogP contribution is -2.25. The minimum atomic E-state index is -0.202. The fourth-order valence-electron chi connectivity index (χ4n) is 1.67. The van der Waals surface area contributed by atoms with Crippen LogP contribution in [0.1, 0.15) is 5.56 Å². The van der Waals surface area contributed by atoms with Crippen LogP contribution in [0.5, 0.6) is 0 Å². The molecule has 1 aromatic carbocycles. The Labute approximate surface area is 107 Å². The summed E-state index contributed by atoms with van der Waals surface area (Å²) >= 11 is 1.47. The Bertz CT molecular complexity index is 591. The minimum absolute atomic E-state index is 0.195. The van der Waals surface area contributed by atoms with Gasteiger partial charge in [0.2, 0.25) is 0 Å². The fraction of sp³-hybridized carbons (Fsp3) is 0.167. The highest BCUT2D eigenvalue weighted by Gasteiger charge is 2.26. The summed E-state index contributed by atoms with van der Waals surface area (Å²) in [6.45, 7) is 0. The van der Waals surface area contributed by atoms with Gasteiger partial charge in [-0.15, -0.1) is 11.8 Å². The molecular formula is C12H9FN4S. The predicted octanol–water partition coefficient (Wildman–Crippen LogP) is 2.31. The summed E-state index contributed by atoms with van der Waals surface area (Å²) in [7, 11) is 0. The van der Waals surface area contributed by atoms with Crippen LogP contribution in [-0.4, -0.2) is 29.6 Å². The summed E-state index contributed by atoms with van der Waals surface area (Å²) in [4.78, 5) is 16.5. The summed E-state index contributed by atoms with van der Waals surface area (Å²) < 4.78 is 13.5. The maximum Gasteiger partial charge on any atom is 0.163 e. The second kappa shape index (κ2) is 4.81. The summed E-state index contributed by atoms with van der Waals surface area (Å²) in [6, 6.07) is 6.53. The molecule has 4 nitrogen and oxygen atoms in total. The van der Waals surface area contributed by atoms with Gasteiger partial charge in [0.1, 0.15) is 23.5 Å². The molecule has 2 heterocycles. The third-order valence-electron chi connectivity index (χ3n) is 2.59. The first kappa shape index (κ1) is 11.3.